The van der Waals surface area contributed by atoms with Gasteiger partial charge in [0.2, 0.25) is 5.95 Å². The van der Waals surface area contributed by atoms with E-state index >= 15 is 0 Å². The standard InChI is InChI=1S/C32H38N8O2/c1-5-15-39-30(41)23-18-33-31(36-29(23)40(39)26-8-6-7-25(35-26)32(2,3)42)34-22-11-9-20(10-12-22)24-19-37(4)27-21-13-16-38(17-14-21)28(24)27/h5-12,18,21,24,27-28,42H,1,13-17,19H2,2-4H3,(H,33,34,36). The van der Waals surface area contributed by atoms with Crippen molar-refractivity contribution >= 4 is 22.7 Å². The van der Waals surface area contributed by atoms with E-state index in [1.807, 2.05) is 6.07 Å². The zero-order valence-electron chi connectivity index (χ0n) is 24.4. The fraction of sp³-hybridized carbons (Fsp3) is 0.438. The van der Waals surface area contributed by atoms with Crippen LogP contribution in [0.1, 0.15) is 43.9 Å². The van der Waals surface area contributed by atoms with E-state index in [9.17, 15) is 9.90 Å². The molecule has 3 aromatic heterocycles. The first-order valence-electron chi connectivity index (χ1n) is 14.8. The van der Waals surface area contributed by atoms with Crippen molar-refractivity contribution in [2.45, 2.75) is 56.8 Å². The fourth-order valence-corrected chi connectivity index (χ4v) is 7.44. The molecule has 4 fully saturated rings. The largest absolute Gasteiger partial charge is 0.384 e. The van der Waals surface area contributed by atoms with Gasteiger partial charge in [0.15, 0.2) is 11.5 Å². The number of likely N-dealkylation sites (tertiary alicyclic amines) is 1. The van der Waals surface area contributed by atoms with Crippen LogP contribution in [0, 0.1) is 5.92 Å². The third kappa shape index (κ3) is 4.45. The molecule has 4 aliphatic rings. The van der Waals surface area contributed by atoms with Gasteiger partial charge in [0.25, 0.3) is 5.56 Å². The number of aromatic nitrogens is 5. The van der Waals surface area contributed by atoms with Crippen LogP contribution in [0.25, 0.3) is 16.9 Å². The Hall–Kier alpha value is -3.86. The van der Waals surface area contributed by atoms with E-state index in [1.54, 1.807) is 42.9 Å². The number of pyridine rings is 1. The highest BCUT2D eigenvalue weighted by molar-refractivity contribution is 5.77. The van der Waals surface area contributed by atoms with Gasteiger partial charge in [-0.1, -0.05) is 24.3 Å². The maximum absolute atomic E-state index is 13.3. The fourth-order valence-electron chi connectivity index (χ4n) is 7.44. The molecule has 4 aliphatic heterocycles. The van der Waals surface area contributed by atoms with Gasteiger partial charge in [0, 0.05) is 36.4 Å². The van der Waals surface area contributed by atoms with E-state index in [0.717, 1.165) is 18.2 Å². The molecule has 0 saturated carbocycles. The van der Waals surface area contributed by atoms with Gasteiger partial charge >= 0.3 is 0 Å². The monoisotopic (exact) mass is 566 g/mol. The third-order valence-corrected chi connectivity index (χ3v) is 9.39. The lowest BCUT2D eigenvalue weighted by Crippen LogP contribution is -2.59. The molecule has 3 atom stereocenters. The summed E-state index contributed by atoms with van der Waals surface area (Å²) in [5.41, 5.74) is 1.80. The molecule has 10 heteroatoms. The molecule has 0 spiro atoms. The molecule has 1 aromatic carbocycles. The van der Waals surface area contributed by atoms with Crippen molar-refractivity contribution in [3.63, 3.8) is 0 Å². The van der Waals surface area contributed by atoms with Crippen molar-refractivity contribution in [2.24, 2.45) is 5.92 Å². The predicted octanol–water partition coefficient (Wildman–Crippen LogP) is 3.63. The Kier molecular flexibility index (Phi) is 6.52. The average molecular weight is 567 g/mol. The Morgan fingerprint density at radius 1 is 1.10 bits per heavy atom. The topological polar surface area (TPSA) is 104 Å². The van der Waals surface area contributed by atoms with E-state index in [0.29, 0.717) is 46.5 Å². The summed E-state index contributed by atoms with van der Waals surface area (Å²) in [6.45, 7) is 11.0. The summed E-state index contributed by atoms with van der Waals surface area (Å²) in [6, 6.07) is 15.3. The summed E-state index contributed by atoms with van der Waals surface area (Å²) >= 11 is 0. The van der Waals surface area contributed by atoms with Crippen LogP contribution in [0.15, 0.2) is 66.1 Å². The second kappa shape index (κ2) is 10.1. The molecule has 4 aromatic rings. The molecule has 42 heavy (non-hydrogen) atoms. The van der Waals surface area contributed by atoms with Crippen molar-refractivity contribution in [1.82, 2.24) is 34.1 Å². The van der Waals surface area contributed by atoms with Crippen LogP contribution in [0.5, 0.6) is 0 Å². The van der Waals surface area contributed by atoms with E-state index in [4.69, 9.17) is 4.98 Å². The van der Waals surface area contributed by atoms with Crippen molar-refractivity contribution < 1.29 is 5.11 Å². The van der Waals surface area contributed by atoms with E-state index in [2.05, 4.69) is 63.0 Å². The minimum Gasteiger partial charge on any atom is -0.384 e. The molecule has 8 rings (SSSR count). The Morgan fingerprint density at radius 2 is 1.86 bits per heavy atom. The summed E-state index contributed by atoms with van der Waals surface area (Å²) in [4.78, 5) is 32.5. The second-order valence-electron chi connectivity index (χ2n) is 12.5. The zero-order chi connectivity index (χ0) is 29.2. The molecule has 0 radical (unpaired) electrons. The van der Waals surface area contributed by atoms with Crippen LogP contribution in [0.2, 0.25) is 0 Å². The van der Waals surface area contributed by atoms with Crippen molar-refractivity contribution in [1.29, 1.82) is 0 Å². The summed E-state index contributed by atoms with van der Waals surface area (Å²) in [6.07, 6.45) is 5.87. The molecule has 2 bridgehead atoms. The lowest BCUT2D eigenvalue weighted by molar-refractivity contribution is 0.000202. The summed E-state index contributed by atoms with van der Waals surface area (Å²) in [5, 5.41) is 14.3. The zero-order valence-corrected chi connectivity index (χ0v) is 24.4. The minimum atomic E-state index is -1.14. The second-order valence-corrected chi connectivity index (χ2v) is 12.5. The number of allylic oxidation sites excluding steroid dienone is 1. The van der Waals surface area contributed by atoms with Crippen LogP contribution in [-0.2, 0) is 12.1 Å². The molecule has 10 nitrogen and oxygen atoms in total. The minimum absolute atomic E-state index is 0.233. The quantitative estimate of drug-likeness (QED) is 0.327. The van der Waals surface area contributed by atoms with Crippen LogP contribution >= 0.6 is 0 Å². The van der Waals surface area contributed by atoms with Gasteiger partial charge in [0.05, 0.1) is 12.2 Å². The number of fused-ring (bicyclic) bond motifs is 3. The number of aliphatic hydroxyl groups is 1. The van der Waals surface area contributed by atoms with Gasteiger partial charge in [-0.2, -0.15) is 4.98 Å². The number of benzene rings is 1. The van der Waals surface area contributed by atoms with Crippen LogP contribution < -0.4 is 10.9 Å². The lowest BCUT2D eigenvalue weighted by atomic mass is 9.75. The van der Waals surface area contributed by atoms with Gasteiger partial charge < -0.3 is 15.3 Å². The third-order valence-electron chi connectivity index (χ3n) is 9.39. The van der Waals surface area contributed by atoms with E-state index in [1.165, 1.54) is 36.2 Å². The lowest BCUT2D eigenvalue weighted by Gasteiger charge is -2.51. The Morgan fingerprint density at radius 3 is 2.57 bits per heavy atom. The Balaban J connectivity index is 1.20. The number of hydrogen-bond acceptors (Lipinski definition) is 8. The van der Waals surface area contributed by atoms with Gasteiger partial charge in [-0.15, -0.1) is 6.58 Å². The number of rotatable bonds is 7. The molecular formula is C32H38N8O2. The predicted molar refractivity (Wildman–Crippen MR) is 163 cm³/mol. The molecule has 2 N–H and O–H groups in total. The van der Waals surface area contributed by atoms with E-state index < -0.39 is 5.60 Å². The normalized spacial score (nSPS) is 25.6. The number of nitrogens with zero attached hydrogens (tertiary/aromatic N) is 7. The Labute approximate surface area is 245 Å². The number of likely N-dealkylation sites (N-methyl/N-ethyl adjacent to an activating group) is 1. The van der Waals surface area contributed by atoms with Gasteiger partial charge in [0.1, 0.15) is 11.0 Å². The highest BCUT2D eigenvalue weighted by Crippen LogP contribution is 2.46. The molecule has 3 unspecified atom stereocenters. The first-order valence-corrected chi connectivity index (χ1v) is 14.8. The number of anilines is 2. The number of nitrogens with one attached hydrogen (secondary N) is 1. The highest BCUT2D eigenvalue weighted by Gasteiger charge is 2.52. The van der Waals surface area contributed by atoms with E-state index in [-0.39, 0.29) is 12.1 Å². The smallest absolute Gasteiger partial charge is 0.278 e. The summed E-state index contributed by atoms with van der Waals surface area (Å²) in [5.74, 6) is 2.20. The summed E-state index contributed by atoms with van der Waals surface area (Å²) < 4.78 is 3.20. The molecule has 0 aliphatic carbocycles. The van der Waals surface area contributed by atoms with Gasteiger partial charge in [-0.3, -0.25) is 9.69 Å². The Bertz CT molecular complexity index is 1690. The molecule has 0 amide bonds. The number of hydrogen-bond donors (Lipinski definition) is 2. The van der Waals surface area contributed by atoms with Gasteiger partial charge in [-0.25, -0.2) is 19.3 Å². The first kappa shape index (κ1) is 27.0. The molecule has 4 saturated heterocycles. The maximum atomic E-state index is 13.3. The van der Waals surface area contributed by atoms with Crippen molar-refractivity contribution in [3.8, 4) is 5.82 Å². The molecular weight excluding hydrogens is 528 g/mol. The van der Waals surface area contributed by atoms with Crippen LogP contribution in [0.4, 0.5) is 11.6 Å². The highest BCUT2D eigenvalue weighted by atomic mass is 16.3. The number of piperidine rings is 3. The van der Waals surface area contributed by atoms with Crippen LogP contribution in [-0.4, -0.2) is 78.0 Å². The van der Waals surface area contributed by atoms with Crippen molar-refractivity contribution in [2.75, 3.05) is 32.0 Å². The first-order chi connectivity index (χ1) is 20.2. The summed E-state index contributed by atoms with van der Waals surface area (Å²) in [7, 11) is 2.29. The molecule has 218 valence electrons. The molecule has 7 heterocycles. The maximum Gasteiger partial charge on any atom is 0.278 e. The SMILES string of the molecule is C=CCn1c(=O)c2cnc(Nc3ccc(C4CN(C)C5C6CCN(CC6)C45)cc3)nc2n1-c1cccc(C(C)(C)O)n1. The van der Waals surface area contributed by atoms with Gasteiger partial charge in [-0.05, 0) is 82.6 Å². The van der Waals surface area contributed by atoms with Crippen molar-refractivity contribution in [3.05, 3.63) is 82.9 Å². The average Bonchev–Trinajstić information content (AvgIpc) is 3.49. The van der Waals surface area contributed by atoms with Crippen LogP contribution in [0.3, 0.4) is 0 Å².